The zero-order valence-electron chi connectivity index (χ0n) is 24.8. The molecular weight excluding hydrogens is 458 g/mol. The van der Waals surface area contributed by atoms with Crippen molar-refractivity contribution in [3.05, 3.63) is 72.6 Å². The van der Waals surface area contributed by atoms with Crippen molar-refractivity contribution < 1.29 is 32.2 Å². The molecule has 34 heavy (non-hydrogen) atoms. The number of aromatic nitrogens is 4. The summed E-state index contributed by atoms with van der Waals surface area (Å²) < 4.78 is 99.6. The Morgan fingerprint density at radius 2 is 1.79 bits per heavy atom. The van der Waals surface area contributed by atoms with Crippen LogP contribution in [0.15, 0.2) is 72.1 Å². The van der Waals surface area contributed by atoms with Gasteiger partial charge in [-0.3, -0.25) is 9.71 Å². The number of anilines is 1. The first-order chi connectivity index (χ1) is 19.2. The van der Waals surface area contributed by atoms with Gasteiger partial charge in [-0.05, 0) is 42.8 Å². The number of para-hydroxylation sites is 2. The van der Waals surface area contributed by atoms with Crippen LogP contribution in [0.3, 0.4) is 0 Å². The number of ether oxygens (including phenoxy) is 3. The van der Waals surface area contributed by atoms with E-state index < -0.39 is 64.3 Å². The van der Waals surface area contributed by atoms with Gasteiger partial charge in [0.15, 0.2) is 28.2 Å². The molecule has 4 rings (SSSR count). The van der Waals surface area contributed by atoms with E-state index in [1.807, 2.05) is 0 Å². The highest BCUT2D eigenvalue weighted by Crippen LogP contribution is 2.41. The molecule has 0 saturated heterocycles. The Hall–Kier alpha value is -4.25. The SMILES string of the molecule is [2H]c1c([2H])c([2H])c(OC([2H])([2H])[2H])c(Oc2c(NS(=O)(=O)c3ccc(C)cn3)nc(-c3ccncc3)nc2OC)c1[2H]. The van der Waals surface area contributed by atoms with Gasteiger partial charge in [0, 0.05) is 24.2 Å². The van der Waals surface area contributed by atoms with Crippen LogP contribution in [-0.2, 0) is 10.0 Å². The van der Waals surface area contributed by atoms with E-state index in [9.17, 15) is 8.42 Å². The van der Waals surface area contributed by atoms with Gasteiger partial charge in [-0.2, -0.15) is 13.4 Å². The monoisotopic (exact) mass is 486 g/mol. The quantitative estimate of drug-likeness (QED) is 0.395. The van der Waals surface area contributed by atoms with Crippen molar-refractivity contribution in [2.24, 2.45) is 0 Å². The van der Waals surface area contributed by atoms with Gasteiger partial charge in [-0.15, -0.1) is 0 Å². The van der Waals surface area contributed by atoms with Gasteiger partial charge in [0.05, 0.1) is 23.7 Å². The smallest absolute Gasteiger partial charge is 0.280 e. The third-order valence-electron chi connectivity index (χ3n) is 4.28. The molecule has 0 aliphatic carbocycles. The molecule has 11 heteroatoms. The number of aryl methyl sites for hydroxylation is 1. The number of nitrogens with one attached hydrogen (secondary N) is 1. The number of nitrogens with zero attached hydrogens (tertiary/aromatic N) is 4. The Bertz CT molecular complexity index is 1710. The van der Waals surface area contributed by atoms with Crippen LogP contribution >= 0.6 is 0 Å². The molecule has 4 aromatic rings. The normalized spacial score (nSPS) is 14.4. The molecule has 0 atom stereocenters. The van der Waals surface area contributed by atoms with E-state index in [1.54, 1.807) is 19.1 Å². The second-order valence-corrected chi connectivity index (χ2v) is 8.24. The lowest BCUT2D eigenvalue weighted by atomic mass is 10.2. The molecule has 10 nitrogen and oxygen atoms in total. The molecule has 0 unspecified atom stereocenters. The third-order valence-corrected chi connectivity index (χ3v) is 5.54. The van der Waals surface area contributed by atoms with E-state index in [1.165, 1.54) is 37.8 Å². The van der Waals surface area contributed by atoms with Crippen molar-refractivity contribution >= 4 is 15.8 Å². The number of methoxy groups -OCH3 is 2. The first kappa shape index (κ1) is 15.6. The molecular formula is C23H21N5O5S. The zero-order chi connectivity index (χ0) is 30.1. The molecule has 0 amide bonds. The molecule has 3 heterocycles. The van der Waals surface area contributed by atoms with E-state index in [0.29, 0.717) is 11.1 Å². The summed E-state index contributed by atoms with van der Waals surface area (Å²) in [6.45, 7) is 1.72. The number of rotatable bonds is 8. The average Bonchev–Trinajstić information content (AvgIpc) is 2.93. The topological polar surface area (TPSA) is 125 Å². The van der Waals surface area contributed by atoms with Crippen molar-refractivity contribution in [2.75, 3.05) is 18.9 Å². The van der Waals surface area contributed by atoms with Crippen LogP contribution in [0, 0.1) is 6.92 Å². The number of hydrogen-bond acceptors (Lipinski definition) is 9. The summed E-state index contributed by atoms with van der Waals surface area (Å²) >= 11 is 0. The Labute approximate surface area is 206 Å². The molecule has 0 aliphatic heterocycles. The van der Waals surface area contributed by atoms with Crippen LogP contribution in [0.5, 0.6) is 23.1 Å². The maximum absolute atomic E-state index is 13.3. The minimum absolute atomic E-state index is 0.0277. The van der Waals surface area contributed by atoms with Crippen molar-refractivity contribution in [3.63, 3.8) is 0 Å². The van der Waals surface area contributed by atoms with Crippen molar-refractivity contribution in [2.45, 2.75) is 11.9 Å². The van der Waals surface area contributed by atoms with Gasteiger partial charge < -0.3 is 14.2 Å². The van der Waals surface area contributed by atoms with E-state index in [0.717, 1.165) is 0 Å². The molecule has 0 radical (unpaired) electrons. The first-order valence-corrected chi connectivity index (χ1v) is 11.0. The molecule has 0 spiro atoms. The molecule has 3 aromatic heterocycles. The summed E-state index contributed by atoms with van der Waals surface area (Å²) in [4.78, 5) is 16.4. The lowest BCUT2D eigenvalue weighted by Gasteiger charge is -2.17. The molecule has 1 N–H and O–H groups in total. The van der Waals surface area contributed by atoms with Crippen molar-refractivity contribution in [3.8, 4) is 34.5 Å². The summed E-state index contributed by atoms with van der Waals surface area (Å²) in [6, 6.07) is 2.65. The van der Waals surface area contributed by atoms with E-state index in [4.69, 9.17) is 23.8 Å². The van der Waals surface area contributed by atoms with Gasteiger partial charge in [-0.1, -0.05) is 18.2 Å². The van der Waals surface area contributed by atoms with Crippen LogP contribution in [0.1, 0.15) is 15.2 Å². The largest absolute Gasteiger partial charge is 0.493 e. The Morgan fingerprint density at radius 1 is 1.03 bits per heavy atom. The maximum atomic E-state index is 13.3. The Morgan fingerprint density at radius 3 is 2.47 bits per heavy atom. The summed E-state index contributed by atoms with van der Waals surface area (Å²) in [5.74, 6) is -3.10. The third kappa shape index (κ3) is 4.89. The van der Waals surface area contributed by atoms with Gasteiger partial charge in [0.1, 0.15) is 0 Å². The van der Waals surface area contributed by atoms with E-state index in [-0.39, 0.29) is 16.7 Å². The minimum atomic E-state index is -4.41. The molecule has 1 aromatic carbocycles. The Balaban J connectivity index is 1.96. The number of hydrogen-bond donors (Lipinski definition) is 1. The minimum Gasteiger partial charge on any atom is -0.493 e. The average molecular weight is 487 g/mol. The van der Waals surface area contributed by atoms with Crippen LogP contribution in [-0.4, -0.2) is 42.5 Å². The standard InChI is InChI=1S/C23H21N5O5S/c1-15-8-9-19(25-14-15)34(29,30)28-22-20(33-18-7-5-4-6-17(18)31-2)23(32-3)27-21(26-22)16-10-12-24-13-11-16/h4-14H,1-3H3,(H,26,27,28)/i2D3,4D,5D,6D,7D. The summed E-state index contributed by atoms with van der Waals surface area (Å²) in [5, 5.41) is -0.370. The first-order valence-electron chi connectivity index (χ1n) is 13.0. The van der Waals surface area contributed by atoms with Crippen LogP contribution in [0.2, 0.25) is 0 Å². The highest BCUT2D eigenvalue weighted by molar-refractivity contribution is 7.92. The van der Waals surface area contributed by atoms with Crippen molar-refractivity contribution in [1.29, 1.82) is 0 Å². The number of pyridine rings is 2. The number of sulfonamides is 1. The van der Waals surface area contributed by atoms with E-state index in [2.05, 4.69) is 24.7 Å². The number of benzene rings is 1. The highest BCUT2D eigenvalue weighted by Gasteiger charge is 2.25. The zero-order valence-corrected chi connectivity index (χ0v) is 18.6. The van der Waals surface area contributed by atoms with E-state index >= 15 is 0 Å². The fourth-order valence-electron chi connectivity index (χ4n) is 2.69. The lowest BCUT2D eigenvalue weighted by Crippen LogP contribution is -2.17. The Kier molecular flexibility index (Phi) is 4.44. The second kappa shape index (κ2) is 9.71. The van der Waals surface area contributed by atoms with Gasteiger partial charge in [0.2, 0.25) is 5.75 Å². The molecule has 0 aliphatic rings. The summed E-state index contributed by atoms with van der Waals surface area (Å²) in [5.41, 5.74) is 1.11. The summed E-state index contributed by atoms with van der Waals surface area (Å²) in [6.07, 6.45) is 4.25. The highest BCUT2D eigenvalue weighted by atomic mass is 32.2. The second-order valence-electron chi connectivity index (χ2n) is 6.61. The molecule has 0 fully saturated rings. The fourth-order valence-corrected chi connectivity index (χ4v) is 3.62. The predicted molar refractivity (Wildman–Crippen MR) is 125 cm³/mol. The maximum Gasteiger partial charge on any atom is 0.280 e. The van der Waals surface area contributed by atoms with Gasteiger partial charge in [0.25, 0.3) is 15.9 Å². The van der Waals surface area contributed by atoms with Crippen LogP contribution in [0.25, 0.3) is 11.4 Å². The molecule has 0 saturated carbocycles. The molecule has 0 bridgehead atoms. The fraction of sp³-hybridized carbons (Fsp3) is 0.130. The predicted octanol–water partition coefficient (Wildman–Crippen LogP) is 3.85. The lowest BCUT2D eigenvalue weighted by molar-refractivity contribution is 0.348. The van der Waals surface area contributed by atoms with Crippen molar-refractivity contribution in [1.82, 2.24) is 19.9 Å². The molecule has 174 valence electrons. The summed E-state index contributed by atoms with van der Waals surface area (Å²) in [7, 11) is -6.36. The van der Waals surface area contributed by atoms with Gasteiger partial charge >= 0.3 is 0 Å². The van der Waals surface area contributed by atoms with Gasteiger partial charge in [-0.25, -0.2) is 9.97 Å². The van der Waals surface area contributed by atoms with Crippen LogP contribution in [0.4, 0.5) is 5.82 Å². The van der Waals surface area contributed by atoms with Crippen LogP contribution < -0.4 is 18.9 Å².